The number of carbonyl (C=O) groups excluding carboxylic acids is 1. The number of nitrogens with one attached hydrogen (secondary N) is 1. The van der Waals surface area contributed by atoms with Gasteiger partial charge in [-0.05, 0) is 62.4 Å². The molecule has 7 heteroatoms. The lowest BCUT2D eigenvalue weighted by atomic mass is 9.97. The number of hydrogen-bond acceptors (Lipinski definition) is 5. The van der Waals surface area contributed by atoms with Crippen molar-refractivity contribution in [3.05, 3.63) is 64.3 Å². The maximum atomic E-state index is 11.8. The Hall–Kier alpha value is -3.32. The molecule has 1 aliphatic heterocycles. The minimum absolute atomic E-state index is 0.0574. The van der Waals surface area contributed by atoms with Gasteiger partial charge in [0.15, 0.2) is 11.4 Å². The quantitative estimate of drug-likeness (QED) is 0.481. The van der Waals surface area contributed by atoms with Crippen molar-refractivity contribution < 1.29 is 14.3 Å². The molecule has 3 aromatic rings. The van der Waals surface area contributed by atoms with Crippen molar-refractivity contribution in [2.45, 2.75) is 38.6 Å². The number of ether oxygens (including phenoxy) is 2. The van der Waals surface area contributed by atoms with Gasteiger partial charge in [0, 0.05) is 17.5 Å². The van der Waals surface area contributed by atoms with Crippen LogP contribution in [0.2, 0.25) is 0 Å². The van der Waals surface area contributed by atoms with E-state index in [2.05, 4.69) is 21.3 Å². The summed E-state index contributed by atoms with van der Waals surface area (Å²) in [6.07, 6.45) is 8.33. The van der Waals surface area contributed by atoms with E-state index in [0.29, 0.717) is 11.4 Å². The van der Waals surface area contributed by atoms with Crippen molar-refractivity contribution in [3.63, 3.8) is 0 Å². The number of nitrogens with zero attached hydrogens (tertiary/aromatic N) is 2. The smallest absolute Gasteiger partial charge is 0.262 e. The summed E-state index contributed by atoms with van der Waals surface area (Å²) in [4.78, 5) is 17.7. The summed E-state index contributed by atoms with van der Waals surface area (Å²) in [5.41, 5.74) is 5.15. The number of hydrogen-bond donors (Lipinski definition) is 1. The molecule has 6 nitrogen and oxygen atoms in total. The second-order valence-electron chi connectivity index (χ2n) is 8.24. The monoisotopic (exact) mass is 461 g/mol. The second-order valence-corrected chi connectivity index (χ2v) is 9.08. The zero-order chi connectivity index (χ0) is 22.6. The van der Waals surface area contributed by atoms with Crippen LogP contribution in [0.3, 0.4) is 0 Å². The number of allylic oxidation sites excluding steroid dienone is 2. The highest BCUT2D eigenvalue weighted by atomic mass is 32.1. The van der Waals surface area contributed by atoms with Crippen LogP contribution in [0.1, 0.15) is 32.1 Å². The van der Waals surface area contributed by atoms with E-state index >= 15 is 0 Å². The molecule has 0 radical (unpaired) electrons. The topological polar surface area (TPSA) is 64.8 Å². The molecule has 170 valence electrons. The molecule has 1 N–H and O–H groups in total. The van der Waals surface area contributed by atoms with E-state index in [9.17, 15) is 4.79 Å². The van der Waals surface area contributed by atoms with Crippen LogP contribution in [0.4, 0.5) is 11.4 Å². The minimum atomic E-state index is -0.131. The lowest BCUT2D eigenvalue weighted by Gasteiger charge is -2.19. The first kappa shape index (κ1) is 21.5. The van der Waals surface area contributed by atoms with E-state index in [1.807, 2.05) is 42.5 Å². The standard InChI is InChI=1S/C26H27N3O3S/c1-31-23-10-6-5-9-20(23)28-26-29(14-13-18-7-3-2-4-8-18)22(17-33-26)19-11-12-24-21(15-19)27-25(30)16-32-24/h5-7,9-12,15,17H,2-4,8,13-14,16H2,1H3,(H,27,30). The number of thiazole rings is 1. The first-order valence-corrected chi connectivity index (χ1v) is 12.2. The maximum absolute atomic E-state index is 11.8. The number of para-hydroxylation sites is 2. The number of amides is 1. The molecule has 0 unspecified atom stereocenters. The third-order valence-corrected chi connectivity index (χ3v) is 6.91. The molecule has 1 amide bonds. The third-order valence-electron chi connectivity index (χ3n) is 6.05. The zero-order valence-corrected chi connectivity index (χ0v) is 19.5. The molecule has 0 atom stereocenters. The predicted octanol–water partition coefficient (Wildman–Crippen LogP) is 5.68. The fourth-order valence-corrected chi connectivity index (χ4v) is 5.27. The summed E-state index contributed by atoms with van der Waals surface area (Å²) in [6.45, 7) is 0.903. The Morgan fingerprint density at radius 1 is 1.21 bits per heavy atom. The van der Waals surface area contributed by atoms with Crippen molar-refractivity contribution in [1.29, 1.82) is 0 Å². The third kappa shape index (κ3) is 4.73. The molecule has 0 saturated carbocycles. The molecular weight excluding hydrogens is 434 g/mol. The predicted molar refractivity (Wildman–Crippen MR) is 131 cm³/mol. The van der Waals surface area contributed by atoms with E-state index < -0.39 is 0 Å². The molecule has 1 aliphatic carbocycles. The first-order chi connectivity index (χ1) is 16.2. The molecule has 2 aromatic carbocycles. The normalized spacial score (nSPS) is 16.0. The van der Waals surface area contributed by atoms with Crippen LogP contribution < -0.4 is 19.6 Å². The van der Waals surface area contributed by atoms with Crippen molar-refractivity contribution in [2.75, 3.05) is 19.0 Å². The van der Waals surface area contributed by atoms with E-state index in [0.717, 1.165) is 40.5 Å². The van der Waals surface area contributed by atoms with Crippen molar-refractivity contribution in [3.8, 4) is 22.8 Å². The Morgan fingerprint density at radius 2 is 2.12 bits per heavy atom. The first-order valence-electron chi connectivity index (χ1n) is 11.3. The van der Waals surface area contributed by atoms with Gasteiger partial charge >= 0.3 is 0 Å². The highest BCUT2D eigenvalue weighted by Crippen LogP contribution is 2.34. The van der Waals surface area contributed by atoms with Gasteiger partial charge in [0.2, 0.25) is 0 Å². The number of carbonyl (C=O) groups is 1. The molecule has 0 spiro atoms. The molecule has 0 bridgehead atoms. The van der Waals surface area contributed by atoms with Crippen molar-refractivity contribution in [1.82, 2.24) is 4.57 Å². The second kappa shape index (κ2) is 9.67. The van der Waals surface area contributed by atoms with Gasteiger partial charge in [0.25, 0.3) is 5.91 Å². The molecule has 2 aliphatic rings. The van der Waals surface area contributed by atoms with E-state index in [4.69, 9.17) is 14.5 Å². The summed E-state index contributed by atoms with van der Waals surface area (Å²) in [5.74, 6) is 1.32. The van der Waals surface area contributed by atoms with Gasteiger partial charge in [0.05, 0.1) is 18.5 Å². The Labute approximate surface area is 197 Å². The van der Waals surface area contributed by atoms with E-state index in [1.165, 1.54) is 31.3 Å². The van der Waals surface area contributed by atoms with Crippen LogP contribution in [0.15, 0.2) is 64.5 Å². The van der Waals surface area contributed by atoms with Gasteiger partial charge in [-0.2, -0.15) is 0 Å². The van der Waals surface area contributed by atoms with Gasteiger partial charge in [0.1, 0.15) is 17.2 Å². The van der Waals surface area contributed by atoms with Gasteiger partial charge in [-0.15, -0.1) is 11.3 Å². The average molecular weight is 462 g/mol. The SMILES string of the molecule is COc1ccccc1N=c1scc(-c2ccc3c(c2)NC(=O)CO3)n1CCC1=CCCCC1. The van der Waals surface area contributed by atoms with Crippen LogP contribution in [0, 0.1) is 0 Å². The largest absolute Gasteiger partial charge is 0.494 e. The summed E-state index contributed by atoms with van der Waals surface area (Å²) >= 11 is 1.61. The molecular formula is C26H27N3O3S. The van der Waals surface area contributed by atoms with Crippen LogP contribution in [0.25, 0.3) is 11.3 Å². The lowest BCUT2D eigenvalue weighted by molar-refractivity contribution is -0.118. The van der Waals surface area contributed by atoms with Gasteiger partial charge in [-0.1, -0.05) is 23.8 Å². The van der Waals surface area contributed by atoms with Crippen LogP contribution >= 0.6 is 11.3 Å². The lowest BCUT2D eigenvalue weighted by Crippen LogP contribution is -2.25. The van der Waals surface area contributed by atoms with E-state index in [-0.39, 0.29) is 12.5 Å². The number of methoxy groups -OCH3 is 1. The number of aromatic nitrogens is 1. The summed E-state index contributed by atoms with van der Waals surface area (Å²) in [5, 5.41) is 5.05. The van der Waals surface area contributed by atoms with Gasteiger partial charge in [-0.3, -0.25) is 4.79 Å². The molecule has 0 fully saturated rings. The average Bonchev–Trinajstić information content (AvgIpc) is 3.25. The highest BCUT2D eigenvalue weighted by Gasteiger charge is 2.18. The number of benzene rings is 2. The van der Waals surface area contributed by atoms with Crippen LogP contribution in [0.5, 0.6) is 11.5 Å². The highest BCUT2D eigenvalue weighted by molar-refractivity contribution is 7.07. The fraction of sp³-hybridized carbons (Fsp3) is 0.308. The minimum Gasteiger partial charge on any atom is -0.494 e. The van der Waals surface area contributed by atoms with Crippen LogP contribution in [-0.2, 0) is 11.3 Å². The van der Waals surface area contributed by atoms with Gasteiger partial charge < -0.3 is 19.4 Å². The van der Waals surface area contributed by atoms with Crippen molar-refractivity contribution >= 4 is 28.6 Å². The Bertz CT molecular complexity index is 1270. The van der Waals surface area contributed by atoms with E-state index in [1.54, 1.807) is 18.4 Å². The summed E-state index contributed by atoms with van der Waals surface area (Å²) in [6, 6.07) is 13.8. The Morgan fingerprint density at radius 3 is 2.97 bits per heavy atom. The zero-order valence-electron chi connectivity index (χ0n) is 18.7. The summed E-state index contributed by atoms with van der Waals surface area (Å²) in [7, 11) is 1.67. The number of anilines is 1. The van der Waals surface area contributed by atoms with Crippen LogP contribution in [-0.4, -0.2) is 24.2 Å². The molecule has 2 heterocycles. The summed E-state index contributed by atoms with van der Waals surface area (Å²) < 4.78 is 13.3. The molecule has 1 aromatic heterocycles. The Kier molecular flexibility index (Phi) is 6.30. The maximum Gasteiger partial charge on any atom is 0.262 e. The number of fused-ring (bicyclic) bond motifs is 1. The molecule has 0 saturated heterocycles. The Balaban J connectivity index is 1.56. The number of rotatable bonds is 6. The van der Waals surface area contributed by atoms with Crippen molar-refractivity contribution in [2.24, 2.45) is 4.99 Å². The molecule has 33 heavy (non-hydrogen) atoms. The molecule has 5 rings (SSSR count). The van der Waals surface area contributed by atoms with Gasteiger partial charge in [-0.25, -0.2) is 4.99 Å². The fourth-order valence-electron chi connectivity index (χ4n) is 4.32.